The molecule has 0 atom stereocenters. The molecule has 0 spiro atoms. The zero-order valence-corrected chi connectivity index (χ0v) is 35.4. The molecule has 3 N–H and O–H groups in total. The molecule has 0 aliphatic rings. The van der Waals surface area contributed by atoms with Gasteiger partial charge in [0.15, 0.2) is 0 Å². The second-order valence-corrected chi connectivity index (χ2v) is 14.8. The molecule has 0 aliphatic carbocycles. The van der Waals surface area contributed by atoms with Crippen LogP contribution in [-0.2, 0) is 14.3 Å². The highest BCUT2D eigenvalue weighted by molar-refractivity contribution is 5.85. The first-order valence-electron chi connectivity index (χ1n) is 21.3. The Bertz CT molecular complexity index is 2670. The largest absolute Gasteiger partial charge is 0.494 e. The van der Waals surface area contributed by atoms with E-state index in [-0.39, 0.29) is 12.4 Å². The Morgan fingerprint density at radius 1 is 0.524 bits per heavy atom. The molecule has 63 heavy (non-hydrogen) atoms. The Morgan fingerprint density at radius 3 is 1.35 bits per heavy atom. The van der Waals surface area contributed by atoms with Gasteiger partial charge in [-0.1, -0.05) is 72.8 Å². The molecule has 0 unspecified atom stereocenters. The number of para-hydroxylation sites is 4. The summed E-state index contributed by atoms with van der Waals surface area (Å²) in [5, 5.41) is 15.6. The van der Waals surface area contributed by atoms with Crippen molar-refractivity contribution in [1.29, 1.82) is 0 Å². The van der Waals surface area contributed by atoms with E-state index in [1.54, 1.807) is 0 Å². The third-order valence-electron chi connectivity index (χ3n) is 10.2. The average Bonchev–Trinajstić information content (AvgIpc) is 3.86. The van der Waals surface area contributed by atoms with Crippen LogP contribution in [0.2, 0.25) is 0 Å². The smallest absolute Gasteiger partial charge is 0.305 e. The van der Waals surface area contributed by atoms with Gasteiger partial charge in [-0.15, -0.1) is 0 Å². The molecule has 0 amide bonds. The summed E-state index contributed by atoms with van der Waals surface area (Å²) in [6.07, 6.45) is 5.61. The fourth-order valence-corrected chi connectivity index (χ4v) is 7.02. The normalized spacial score (nSPS) is 10.8. The van der Waals surface area contributed by atoms with Crippen LogP contribution >= 0.6 is 0 Å². The second kappa shape index (κ2) is 22.3. The fourth-order valence-electron chi connectivity index (χ4n) is 7.02. The number of unbranched alkanes of at least 4 members (excludes halogenated alkanes) is 4. The summed E-state index contributed by atoms with van der Waals surface area (Å²) in [5.74, 6) is 2.14. The predicted octanol–water partition coefficient (Wildman–Crippen LogP) is 11.7. The number of hydrogen-bond donors (Lipinski definition) is 3. The summed E-state index contributed by atoms with van der Waals surface area (Å²) >= 11 is 0. The van der Waals surface area contributed by atoms with Crippen LogP contribution in [0.15, 0.2) is 158 Å². The standard InChI is InChI=1S/C26H27N3O3.C25H25N3O3/c1-31-25(30)15-9-4-10-18-32-22-16-17-23-24(19-22)29(21-13-7-3-8-14-21)26(28-23)27-20-11-5-2-6-12-20;29-24(30)14-8-3-9-17-31-21-15-16-22-23(18-21)28(20-12-6-2-7-13-20)25(27-22)26-19-10-4-1-5-11-19/h2-3,5-8,11-14,16-17,19H,4,9-10,15,18H2,1H3,(H,27,28);1-2,4-7,10-13,15-16,18H,3,8-9,14,17H2,(H,26,27)(H,29,30). The van der Waals surface area contributed by atoms with Gasteiger partial charge in [0, 0.05) is 47.7 Å². The van der Waals surface area contributed by atoms with Crippen molar-refractivity contribution in [2.45, 2.75) is 51.4 Å². The number of carboxylic acid groups (broad SMARTS) is 1. The summed E-state index contributed by atoms with van der Waals surface area (Å²) in [5.41, 5.74) is 7.65. The zero-order valence-electron chi connectivity index (χ0n) is 35.4. The number of anilines is 4. The third-order valence-corrected chi connectivity index (χ3v) is 10.2. The van der Waals surface area contributed by atoms with Crippen molar-refractivity contribution in [3.05, 3.63) is 158 Å². The number of rotatable bonds is 20. The van der Waals surface area contributed by atoms with Gasteiger partial charge in [0.1, 0.15) is 11.5 Å². The number of carbonyl (C=O) groups is 2. The summed E-state index contributed by atoms with van der Waals surface area (Å²) in [7, 11) is 1.42. The van der Waals surface area contributed by atoms with Gasteiger partial charge in [0.05, 0.1) is 42.4 Å². The fraction of sp³-hybridized carbons (Fsp3) is 0.216. The molecule has 8 aromatic rings. The Morgan fingerprint density at radius 2 is 0.937 bits per heavy atom. The number of esters is 1. The van der Waals surface area contributed by atoms with Crippen molar-refractivity contribution in [2.75, 3.05) is 31.0 Å². The maximum Gasteiger partial charge on any atom is 0.305 e. The molecular weight excluding hydrogens is 793 g/mol. The Hall–Kier alpha value is -7.60. The molecule has 12 nitrogen and oxygen atoms in total. The van der Waals surface area contributed by atoms with Gasteiger partial charge in [0.2, 0.25) is 11.9 Å². The molecular formula is C51H52N6O6. The minimum atomic E-state index is -0.750. The maximum atomic E-state index is 11.2. The van der Waals surface area contributed by atoms with E-state index in [0.29, 0.717) is 26.1 Å². The van der Waals surface area contributed by atoms with Crippen molar-refractivity contribution in [3.8, 4) is 22.9 Å². The van der Waals surface area contributed by atoms with Crippen LogP contribution in [0.25, 0.3) is 33.4 Å². The number of fused-ring (bicyclic) bond motifs is 2. The van der Waals surface area contributed by atoms with Gasteiger partial charge < -0.3 is 30.0 Å². The molecule has 0 fully saturated rings. The van der Waals surface area contributed by atoms with Gasteiger partial charge in [-0.2, -0.15) is 0 Å². The van der Waals surface area contributed by atoms with Crippen LogP contribution in [0.1, 0.15) is 51.4 Å². The van der Waals surface area contributed by atoms with E-state index < -0.39 is 5.97 Å². The summed E-state index contributed by atoms with van der Waals surface area (Å²) < 4.78 is 20.8. The molecule has 8 rings (SSSR count). The summed E-state index contributed by atoms with van der Waals surface area (Å²) in [4.78, 5) is 31.4. The van der Waals surface area contributed by atoms with Gasteiger partial charge >= 0.3 is 11.9 Å². The van der Waals surface area contributed by atoms with Crippen molar-refractivity contribution in [1.82, 2.24) is 19.1 Å². The number of benzene rings is 6. The van der Waals surface area contributed by atoms with E-state index in [4.69, 9.17) is 24.5 Å². The van der Waals surface area contributed by atoms with Crippen LogP contribution in [0.3, 0.4) is 0 Å². The minimum Gasteiger partial charge on any atom is -0.494 e. The van der Waals surface area contributed by atoms with E-state index in [0.717, 1.165) is 100 Å². The zero-order chi connectivity index (χ0) is 43.6. The van der Waals surface area contributed by atoms with Gasteiger partial charge in [-0.3, -0.25) is 18.7 Å². The Kier molecular flexibility index (Phi) is 15.4. The Balaban J connectivity index is 0.000000189. The lowest BCUT2D eigenvalue weighted by molar-refractivity contribution is -0.141. The second-order valence-electron chi connectivity index (χ2n) is 14.8. The molecule has 6 aromatic carbocycles. The molecule has 0 saturated heterocycles. The number of carbonyl (C=O) groups excluding carboxylic acids is 1. The van der Waals surface area contributed by atoms with Crippen molar-refractivity contribution < 1.29 is 28.9 Å². The SMILES string of the molecule is COC(=O)CCCCCOc1ccc2nc(Nc3ccccc3)n(-c3ccccc3)c2c1.O=C(O)CCCCCOc1ccc2nc(Nc3ccccc3)n(-c3ccccc3)c2c1. The van der Waals surface area contributed by atoms with Crippen LogP contribution in [0.4, 0.5) is 23.3 Å². The van der Waals surface area contributed by atoms with Crippen LogP contribution < -0.4 is 20.1 Å². The number of hydrogen-bond acceptors (Lipinski definition) is 9. The lowest BCUT2D eigenvalue weighted by Crippen LogP contribution is -2.02. The first-order chi connectivity index (χ1) is 30.9. The van der Waals surface area contributed by atoms with Crippen molar-refractivity contribution >= 4 is 57.3 Å². The van der Waals surface area contributed by atoms with E-state index >= 15 is 0 Å². The molecule has 0 bridgehead atoms. The van der Waals surface area contributed by atoms with E-state index in [1.807, 2.05) is 146 Å². The third kappa shape index (κ3) is 12.3. The van der Waals surface area contributed by atoms with E-state index in [9.17, 15) is 9.59 Å². The number of imidazole rings is 2. The van der Waals surface area contributed by atoms with Crippen LogP contribution in [0, 0.1) is 0 Å². The molecule has 0 aliphatic heterocycles. The highest BCUT2D eigenvalue weighted by Crippen LogP contribution is 2.31. The highest BCUT2D eigenvalue weighted by atomic mass is 16.5. The first kappa shape index (κ1) is 43.5. The van der Waals surface area contributed by atoms with E-state index in [1.165, 1.54) is 7.11 Å². The number of ether oxygens (including phenoxy) is 3. The number of methoxy groups -OCH3 is 1. The van der Waals surface area contributed by atoms with Crippen molar-refractivity contribution in [3.63, 3.8) is 0 Å². The molecule has 0 radical (unpaired) electrons. The number of aromatic nitrogens is 4. The minimum absolute atomic E-state index is 0.162. The lowest BCUT2D eigenvalue weighted by atomic mass is 10.2. The first-order valence-corrected chi connectivity index (χ1v) is 21.3. The van der Waals surface area contributed by atoms with Crippen molar-refractivity contribution in [2.24, 2.45) is 0 Å². The lowest BCUT2D eigenvalue weighted by Gasteiger charge is -2.11. The Labute approximate surface area is 367 Å². The number of nitrogens with one attached hydrogen (secondary N) is 2. The molecule has 2 heterocycles. The van der Waals surface area contributed by atoms with Gasteiger partial charge in [0.25, 0.3) is 0 Å². The quantitative estimate of drug-likeness (QED) is 0.0501. The maximum absolute atomic E-state index is 11.2. The number of nitrogens with zero attached hydrogens (tertiary/aromatic N) is 4. The summed E-state index contributed by atoms with van der Waals surface area (Å²) in [6.45, 7) is 1.15. The predicted molar refractivity (Wildman–Crippen MR) is 249 cm³/mol. The number of aliphatic carboxylic acids is 1. The van der Waals surface area contributed by atoms with Crippen LogP contribution in [-0.4, -0.2) is 56.5 Å². The van der Waals surface area contributed by atoms with Gasteiger partial charge in [-0.05, 0) is 111 Å². The summed E-state index contributed by atoms with van der Waals surface area (Å²) in [6, 6.07) is 52.1. The molecule has 12 heteroatoms. The monoisotopic (exact) mass is 844 g/mol. The number of carboxylic acids is 1. The molecule has 0 saturated carbocycles. The molecule has 2 aromatic heterocycles. The average molecular weight is 845 g/mol. The van der Waals surface area contributed by atoms with Gasteiger partial charge in [-0.25, -0.2) is 9.97 Å². The highest BCUT2D eigenvalue weighted by Gasteiger charge is 2.16. The molecule has 322 valence electrons. The topological polar surface area (TPSA) is 142 Å². The van der Waals surface area contributed by atoms with E-state index in [2.05, 4.69) is 36.6 Å². The van der Waals surface area contributed by atoms with Crippen LogP contribution in [0.5, 0.6) is 11.5 Å².